The maximum Gasteiger partial charge on any atom is 0.332 e. The number of carbonyl (C=O) groups is 1. The van der Waals surface area contributed by atoms with Gasteiger partial charge in [0.05, 0.1) is 0 Å². The zero-order valence-corrected chi connectivity index (χ0v) is 12.5. The van der Waals surface area contributed by atoms with Crippen molar-refractivity contribution in [3.8, 4) is 0 Å². The van der Waals surface area contributed by atoms with Crippen LogP contribution in [0.15, 0.2) is 9.59 Å². The molecule has 21 heavy (non-hydrogen) atoms. The van der Waals surface area contributed by atoms with E-state index in [1.807, 2.05) is 6.92 Å². The van der Waals surface area contributed by atoms with E-state index in [1.54, 1.807) is 0 Å². The van der Waals surface area contributed by atoms with E-state index in [4.69, 9.17) is 11.5 Å². The molecule has 118 valence electrons. The molecule has 0 aliphatic rings. The first-order valence-electron chi connectivity index (χ1n) is 7.01. The van der Waals surface area contributed by atoms with Crippen LogP contribution in [0.4, 0.5) is 11.5 Å². The lowest BCUT2D eigenvalue weighted by molar-refractivity contribution is -0.118. The summed E-state index contributed by atoms with van der Waals surface area (Å²) in [5.41, 5.74) is 10.3. The Morgan fingerprint density at radius 2 is 1.95 bits per heavy atom. The summed E-state index contributed by atoms with van der Waals surface area (Å²) >= 11 is 0. The van der Waals surface area contributed by atoms with Gasteiger partial charge in [0.25, 0.3) is 5.56 Å². The zero-order chi connectivity index (χ0) is 16.0. The van der Waals surface area contributed by atoms with Gasteiger partial charge in [0, 0.05) is 26.6 Å². The van der Waals surface area contributed by atoms with E-state index in [0.717, 1.165) is 11.0 Å². The van der Waals surface area contributed by atoms with E-state index >= 15 is 0 Å². The van der Waals surface area contributed by atoms with Gasteiger partial charge in [-0.15, -0.1) is 0 Å². The summed E-state index contributed by atoms with van der Waals surface area (Å²) in [5, 5.41) is 2.95. The fraction of sp³-hybridized carbons (Fsp3) is 0.615. The SMILES string of the molecule is CCCn1c(N)c(NCCCCC(N)=O)c(=O)n(C)c1=O. The van der Waals surface area contributed by atoms with Crippen LogP contribution in [0.1, 0.15) is 32.6 Å². The van der Waals surface area contributed by atoms with Crippen LogP contribution < -0.4 is 28.0 Å². The molecule has 0 aliphatic heterocycles. The van der Waals surface area contributed by atoms with Crippen molar-refractivity contribution < 1.29 is 4.79 Å². The molecule has 1 aromatic rings. The van der Waals surface area contributed by atoms with Crippen molar-refractivity contribution in [3.63, 3.8) is 0 Å². The van der Waals surface area contributed by atoms with Crippen molar-refractivity contribution in [2.75, 3.05) is 17.6 Å². The predicted octanol–water partition coefficient (Wildman–Crippen LogP) is -0.393. The summed E-state index contributed by atoms with van der Waals surface area (Å²) < 4.78 is 2.42. The maximum atomic E-state index is 12.1. The van der Waals surface area contributed by atoms with E-state index in [1.165, 1.54) is 11.6 Å². The van der Waals surface area contributed by atoms with Crippen molar-refractivity contribution in [1.29, 1.82) is 0 Å². The molecule has 0 spiro atoms. The Kier molecular flexibility index (Phi) is 6.01. The van der Waals surface area contributed by atoms with Gasteiger partial charge in [-0.25, -0.2) is 4.79 Å². The minimum Gasteiger partial charge on any atom is -0.383 e. The van der Waals surface area contributed by atoms with Crippen molar-refractivity contribution in [3.05, 3.63) is 20.8 Å². The number of carbonyl (C=O) groups excluding carboxylic acids is 1. The number of amides is 1. The molecule has 1 amide bonds. The molecular weight excluding hydrogens is 274 g/mol. The lowest BCUT2D eigenvalue weighted by Crippen LogP contribution is -2.40. The topological polar surface area (TPSA) is 125 Å². The number of anilines is 2. The van der Waals surface area contributed by atoms with Crippen LogP contribution in [-0.4, -0.2) is 21.6 Å². The maximum absolute atomic E-state index is 12.1. The normalized spacial score (nSPS) is 10.6. The highest BCUT2D eigenvalue weighted by molar-refractivity contribution is 5.73. The number of unbranched alkanes of at least 4 members (excludes halogenated alkanes) is 1. The number of primary amides is 1. The fourth-order valence-corrected chi connectivity index (χ4v) is 2.03. The summed E-state index contributed by atoms with van der Waals surface area (Å²) in [7, 11) is 1.43. The molecule has 0 saturated carbocycles. The Balaban J connectivity index is 2.89. The number of nitrogen functional groups attached to an aromatic ring is 1. The lowest BCUT2D eigenvalue weighted by Gasteiger charge is -2.15. The molecule has 0 aliphatic carbocycles. The fourth-order valence-electron chi connectivity index (χ4n) is 2.03. The number of hydrogen-bond donors (Lipinski definition) is 3. The van der Waals surface area contributed by atoms with Gasteiger partial charge in [0.2, 0.25) is 5.91 Å². The second-order valence-electron chi connectivity index (χ2n) is 4.91. The number of aromatic nitrogens is 2. The Morgan fingerprint density at radius 3 is 2.52 bits per heavy atom. The van der Waals surface area contributed by atoms with Gasteiger partial charge in [-0.3, -0.25) is 18.7 Å². The number of hydrogen-bond acceptors (Lipinski definition) is 5. The molecule has 0 atom stereocenters. The van der Waals surface area contributed by atoms with Crippen LogP contribution in [0.2, 0.25) is 0 Å². The standard InChI is InChI=1S/C13H23N5O3/c1-3-8-18-11(15)10(12(20)17(2)13(18)21)16-7-5-4-6-9(14)19/h16H,3-8,15H2,1-2H3,(H2,14,19). The van der Waals surface area contributed by atoms with E-state index in [9.17, 15) is 14.4 Å². The largest absolute Gasteiger partial charge is 0.383 e. The van der Waals surface area contributed by atoms with Gasteiger partial charge in [-0.05, 0) is 19.3 Å². The number of rotatable bonds is 8. The van der Waals surface area contributed by atoms with Crippen LogP contribution in [0.25, 0.3) is 0 Å². The van der Waals surface area contributed by atoms with Crippen molar-refractivity contribution in [2.24, 2.45) is 12.8 Å². The van der Waals surface area contributed by atoms with Crippen LogP contribution in [0, 0.1) is 0 Å². The molecule has 0 bridgehead atoms. The van der Waals surface area contributed by atoms with E-state index in [2.05, 4.69) is 5.32 Å². The highest BCUT2D eigenvalue weighted by Gasteiger charge is 2.14. The molecule has 5 N–H and O–H groups in total. The van der Waals surface area contributed by atoms with Crippen LogP contribution in [0.5, 0.6) is 0 Å². The van der Waals surface area contributed by atoms with Gasteiger partial charge in [0.1, 0.15) is 11.5 Å². The molecule has 0 saturated heterocycles. The predicted molar refractivity (Wildman–Crippen MR) is 82.2 cm³/mol. The molecule has 0 unspecified atom stereocenters. The molecule has 1 aromatic heterocycles. The van der Waals surface area contributed by atoms with E-state index in [0.29, 0.717) is 32.4 Å². The lowest BCUT2D eigenvalue weighted by atomic mass is 10.2. The van der Waals surface area contributed by atoms with E-state index in [-0.39, 0.29) is 17.4 Å². The molecule has 8 nitrogen and oxygen atoms in total. The molecule has 0 aromatic carbocycles. The smallest absolute Gasteiger partial charge is 0.332 e. The van der Waals surface area contributed by atoms with Gasteiger partial charge < -0.3 is 16.8 Å². The molecule has 8 heteroatoms. The third-order valence-corrected chi connectivity index (χ3v) is 3.18. The number of nitrogens with zero attached hydrogens (tertiary/aromatic N) is 2. The summed E-state index contributed by atoms with van der Waals surface area (Å²) in [4.78, 5) is 34.7. The second-order valence-corrected chi connectivity index (χ2v) is 4.91. The minimum absolute atomic E-state index is 0.153. The number of nitrogens with one attached hydrogen (secondary N) is 1. The summed E-state index contributed by atoms with van der Waals surface area (Å²) in [6.07, 6.45) is 2.36. The van der Waals surface area contributed by atoms with Crippen molar-refractivity contribution in [2.45, 2.75) is 39.2 Å². The summed E-state index contributed by atoms with van der Waals surface area (Å²) in [6.45, 7) is 2.86. The van der Waals surface area contributed by atoms with Crippen LogP contribution >= 0.6 is 0 Å². The van der Waals surface area contributed by atoms with Crippen LogP contribution in [0.3, 0.4) is 0 Å². The molecule has 0 radical (unpaired) electrons. The minimum atomic E-state index is -0.445. The summed E-state index contributed by atoms with van der Waals surface area (Å²) in [6, 6.07) is 0. The first-order valence-corrected chi connectivity index (χ1v) is 7.01. The van der Waals surface area contributed by atoms with Gasteiger partial charge in [0.15, 0.2) is 0 Å². The number of nitrogens with two attached hydrogens (primary N) is 2. The van der Waals surface area contributed by atoms with Gasteiger partial charge in [-0.2, -0.15) is 0 Å². The summed E-state index contributed by atoms with van der Waals surface area (Å²) in [5.74, 6) is -0.193. The Labute approximate surface area is 122 Å². The highest BCUT2D eigenvalue weighted by atomic mass is 16.2. The third kappa shape index (κ3) is 4.11. The highest BCUT2D eigenvalue weighted by Crippen LogP contribution is 2.11. The molecule has 0 fully saturated rings. The Hall–Kier alpha value is -2.25. The van der Waals surface area contributed by atoms with Gasteiger partial charge in [-0.1, -0.05) is 6.92 Å². The van der Waals surface area contributed by atoms with Crippen LogP contribution in [-0.2, 0) is 18.4 Å². The Bertz CT molecular complexity index is 617. The van der Waals surface area contributed by atoms with Crippen molar-refractivity contribution in [1.82, 2.24) is 9.13 Å². The third-order valence-electron chi connectivity index (χ3n) is 3.18. The van der Waals surface area contributed by atoms with E-state index < -0.39 is 11.2 Å². The average Bonchev–Trinajstić information content (AvgIpc) is 2.44. The molecule has 1 heterocycles. The molecular formula is C13H23N5O3. The zero-order valence-electron chi connectivity index (χ0n) is 12.5. The first kappa shape index (κ1) is 16.8. The first-order chi connectivity index (χ1) is 9.90. The monoisotopic (exact) mass is 297 g/mol. The Morgan fingerprint density at radius 1 is 1.29 bits per heavy atom. The van der Waals surface area contributed by atoms with Gasteiger partial charge >= 0.3 is 5.69 Å². The quantitative estimate of drug-likeness (QED) is 0.563. The van der Waals surface area contributed by atoms with Crippen molar-refractivity contribution >= 4 is 17.4 Å². The average molecular weight is 297 g/mol. The second kappa shape index (κ2) is 7.51. The molecule has 1 rings (SSSR count).